The van der Waals surface area contributed by atoms with Gasteiger partial charge < -0.3 is 4.42 Å². The average molecular weight is 804 g/mol. The van der Waals surface area contributed by atoms with Crippen LogP contribution in [0, 0.1) is 0 Å². The van der Waals surface area contributed by atoms with E-state index < -0.39 is 0 Å². The second-order valence-electron chi connectivity index (χ2n) is 16.0. The van der Waals surface area contributed by atoms with Crippen molar-refractivity contribution in [3.8, 4) is 78.7 Å². The van der Waals surface area contributed by atoms with E-state index in [0.717, 1.165) is 77.6 Å². The first kappa shape index (κ1) is 36.4. The molecule has 0 atom stereocenters. The minimum Gasteiger partial charge on any atom is -0.456 e. The van der Waals surface area contributed by atoms with Crippen molar-refractivity contribution >= 4 is 43.5 Å². The maximum absolute atomic E-state index is 6.21. The molecule has 4 nitrogen and oxygen atoms in total. The molecule has 0 N–H and O–H groups in total. The van der Waals surface area contributed by atoms with Crippen LogP contribution < -0.4 is 0 Å². The lowest BCUT2D eigenvalue weighted by atomic mass is 9.94. The van der Waals surface area contributed by atoms with Crippen LogP contribution >= 0.6 is 0 Å². The Hall–Kier alpha value is -8.47. The van der Waals surface area contributed by atoms with Gasteiger partial charge in [0.2, 0.25) is 0 Å². The number of para-hydroxylation sites is 1. The molecule has 0 aliphatic rings. The first-order chi connectivity index (χ1) is 31.2. The van der Waals surface area contributed by atoms with Crippen LogP contribution in [0.1, 0.15) is 0 Å². The second kappa shape index (κ2) is 15.2. The second-order valence-corrected chi connectivity index (χ2v) is 16.0. The van der Waals surface area contributed by atoms with E-state index in [1.54, 1.807) is 0 Å². The molecule has 0 amide bonds. The number of hydrogen-bond donors (Lipinski definition) is 0. The summed E-state index contributed by atoms with van der Waals surface area (Å²) in [7, 11) is 0. The molecule has 0 bridgehead atoms. The van der Waals surface area contributed by atoms with E-state index in [1.165, 1.54) is 27.1 Å². The molecule has 0 spiro atoms. The minimum absolute atomic E-state index is 0.612. The first-order valence-electron chi connectivity index (χ1n) is 21.2. The highest BCUT2D eigenvalue weighted by molar-refractivity contribution is 6.13. The molecule has 10 aromatic carbocycles. The highest BCUT2D eigenvalue weighted by Crippen LogP contribution is 2.40. The number of fused-ring (bicyclic) bond motifs is 5. The van der Waals surface area contributed by atoms with Gasteiger partial charge in [-0.1, -0.05) is 188 Å². The third-order valence-electron chi connectivity index (χ3n) is 12.1. The van der Waals surface area contributed by atoms with Gasteiger partial charge in [0.1, 0.15) is 11.2 Å². The molecule has 2 heterocycles. The van der Waals surface area contributed by atoms with Gasteiger partial charge in [-0.3, -0.25) is 0 Å². The number of benzene rings is 10. The fourth-order valence-corrected chi connectivity index (χ4v) is 9.04. The normalized spacial score (nSPS) is 11.5. The Morgan fingerprint density at radius 1 is 0.254 bits per heavy atom. The number of rotatable bonds is 7. The summed E-state index contributed by atoms with van der Waals surface area (Å²) in [5, 5.41) is 6.98. The van der Waals surface area contributed by atoms with Crippen molar-refractivity contribution in [2.75, 3.05) is 0 Å². The molecule has 0 saturated carbocycles. The maximum Gasteiger partial charge on any atom is 0.164 e. The third kappa shape index (κ3) is 6.62. The van der Waals surface area contributed by atoms with Gasteiger partial charge in [0.15, 0.2) is 17.5 Å². The predicted molar refractivity (Wildman–Crippen MR) is 260 cm³/mol. The molecule has 12 rings (SSSR count). The number of aromatic nitrogens is 3. The van der Waals surface area contributed by atoms with E-state index in [-0.39, 0.29) is 0 Å². The SMILES string of the molecule is c1ccc(-c2cccc(-c3nc(-c4cccc(-c5ccc6cc(-c7cccc8oc9ccccc9c78)ccc6c5)c4)nc(-c4ccccc4-c4cccc5ccccc45)n3)c2)cc1. The van der Waals surface area contributed by atoms with Gasteiger partial charge in [-0.2, -0.15) is 0 Å². The summed E-state index contributed by atoms with van der Waals surface area (Å²) in [5.74, 6) is 1.85. The molecule has 4 heteroatoms. The van der Waals surface area contributed by atoms with Gasteiger partial charge >= 0.3 is 0 Å². The molecule has 12 aromatic rings. The van der Waals surface area contributed by atoms with Crippen LogP contribution in [0.3, 0.4) is 0 Å². The summed E-state index contributed by atoms with van der Waals surface area (Å²) in [6, 6.07) is 78.8. The zero-order valence-electron chi connectivity index (χ0n) is 34.1. The number of hydrogen-bond acceptors (Lipinski definition) is 4. The Labute approximate surface area is 364 Å². The summed E-state index contributed by atoms with van der Waals surface area (Å²) in [4.78, 5) is 15.7. The summed E-state index contributed by atoms with van der Waals surface area (Å²) < 4.78 is 6.21. The van der Waals surface area contributed by atoms with E-state index in [9.17, 15) is 0 Å². The number of nitrogens with zero attached hydrogens (tertiary/aromatic N) is 3. The van der Waals surface area contributed by atoms with E-state index in [1.807, 2.05) is 24.3 Å². The van der Waals surface area contributed by atoms with Gasteiger partial charge in [0, 0.05) is 27.5 Å². The summed E-state index contributed by atoms with van der Waals surface area (Å²) in [6.07, 6.45) is 0. The van der Waals surface area contributed by atoms with Gasteiger partial charge in [0.25, 0.3) is 0 Å². The van der Waals surface area contributed by atoms with Crippen molar-refractivity contribution in [3.63, 3.8) is 0 Å². The molecule has 0 radical (unpaired) electrons. The van der Waals surface area contributed by atoms with Crippen LogP contribution in [0.4, 0.5) is 0 Å². The van der Waals surface area contributed by atoms with Gasteiger partial charge in [-0.05, 0) is 102 Å². The van der Waals surface area contributed by atoms with Gasteiger partial charge in [0.05, 0.1) is 0 Å². The molecule has 63 heavy (non-hydrogen) atoms. The molecule has 0 unspecified atom stereocenters. The molecular formula is C59H37N3O. The van der Waals surface area contributed by atoms with Crippen LogP contribution in [-0.2, 0) is 0 Å². The molecule has 0 aliphatic carbocycles. The molecular weight excluding hydrogens is 767 g/mol. The highest BCUT2D eigenvalue weighted by Gasteiger charge is 2.18. The lowest BCUT2D eigenvalue weighted by molar-refractivity contribution is 0.669. The smallest absolute Gasteiger partial charge is 0.164 e. The van der Waals surface area contributed by atoms with Crippen molar-refractivity contribution in [2.24, 2.45) is 0 Å². The van der Waals surface area contributed by atoms with E-state index in [4.69, 9.17) is 19.4 Å². The van der Waals surface area contributed by atoms with Crippen LogP contribution in [0.25, 0.3) is 122 Å². The summed E-state index contributed by atoms with van der Waals surface area (Å²) in [5.41, 5.74) is 13.5. The summed E-state index contributed by atoms with van der Waals surface area (Å²) >= 11 is 0. The molecule has 0 saturated heterocycles. The molecule has 2 aromatic heterocycles. The van der Waals surface area contributed by atoms with Crippen LogP contribution in [-0.4, -0.2) is 15.0 Å². The lowest BCUT2D eigenvalue weighted by Crippen LogP contribution is -2.01. The van der Waals surface area contributed by atoms with Crippen LogP contribution in [0.5, 0.6) is 0 Å². The lowest BCUT2D eigenvalue weighted by Gasteiger charge is -2.14. The third-order valence-corrected chi connectivity index (χ3v) is 12.1. The quantitative estimate of drug-likeness (QED) is 0.161. The molecule has 0 aliphatic heterocycles. The van der Waals surface area contributed by atoms with Crippen LogP contribution in [0.15, 0.2) is 229 Å². The molecule has 0 fully saturated rings. The van der Waals surface area contributed by atoms with Crippen molar-refractivity contribution < 1.29 is 4.42 Å². The largest absolute Gasteiger partial charge is 0.456 e. The van der Waals surface area contributed by atoms with Gasteiger partial charge in [-0.15, -0.1) is 0 Å². The Bertz CT molecular complexity index is 3690. The number of furan rings is 1. The fourth-order valence-electron chi connectivity index (χ4n) is 9.04. The minimum atomic E-state index is 0.612. The van der Waals surface area contributed by atoms with Crippen molar-refractivity contribution in [1.29, 1.82) is 0 Å². The highest BCUT2D eigenvalue weighted by atomic mass is 16.3. The van der Waals surface area contributed by atoms with E-state index >= 15 is 0 Å². The Morgan fingerprint density at radius 3 is 1.54 bits per heavy atom. The van der Waals surface area contributed by atoms with E-state index in [0.29, 0.717) is 17.5 Å². The van der Waals surface area contributed by atoms with Crippen molar-refractivity contribution in [3.05, 3.63) is 224 Å². The zero-order chi connectivity index (χ0) is 41.7. The maximum atomic E-state index is 6.21. The Kier molecular flexibility index (Phi) is 8.79. The van der Waals surface area contributed by atoms with E-state index in [2.05, 4.69) is 200 Å². The first-order valence-corrected chi connectivity index (χ1v) is 21.2. The summed E-state index contributed by atoms with van der Waals surface area (Å²) in [6.45, 7) is 0. The zero-order valence-corrected chi connectivity index (χ0v) is 34.1. The van der Waals surface area contributed by atoms with Gasteiger partial charge in [-0.25, -0.2) is 15.0 Å². The predicted octanol–water partition coefficient (Wildman–Crippen LogP) is 15.7. The van der Waals surface area contributed by atoms with Crippen molar-refractivity contribution in [1.82, 2.24) is 15.0 Å². The Balaban J connectivity index is 0.965. The average Bonchev–Trinajstić information content (AvgIpc) is 3.75. The standard InChI is InChI=1S/C59H37N3O/c1-2-14-38(15-3-1)40-18-10-20-46(36-40)57-60-58(62-59(61-57)52-24-7-6-23-51(52)50-27-12-17-39-16-4-5-22-48(39)50)47-21-11-19-41(37-47)42-30-31-44-35-45(33-32-43(44)34-42)49-26-13-29-55-56(49)53-25-8-9-28-54(53)63-55/h1-37H. The fraction of sp³-hybridized carbons (Fsp3) is 0. The Morgan fingerprint density at radius 2 is 0.746 bits per heavy atom. The van der Waals surface area contributed by atoms with Crippen molar-refractivity contribution in [2.45, 2.75) is 0 Å². The molecule has 294 valence electrons. The van der Waals surface area contributed by atoms with Crippen LogP contribution in [0.2, 0.25) is 0 Å². The topological polar surface area (TPSA) is 51.8 Å². The monoisotopic (exact) mass is 803 g/mol.